The third-order valence-corrected chi connectivity index (χ3v) is 3.41. The van der Waals surface area contributed by atoms with E-state index < -0.39 is 0 Å². The van der Waals surface area contributed by atoms with Crippen LogP contribution in [-0.4, -0.2) is 13.2 Å². The van der Waals surface area contributed by atoms with Gasteiger partial charge in [0.05, 0.1) is 13.2 Å². The van der Waals surface area contributed by atoms with Gasteiger partial charge in [-0.25, -0.2) is 4.39 Å². The van der Waals surface area contributed by atoms with Crippen LogP contribution in [0.2, 0.25) is 0 Å². The number of ether oxygens (including phenoxy) is 2. The number of hydrogen-bond donors (Lipinski definition) is 1. The Morgan fingerprint density at radius 3 is 2.62 bits per heavy atom. The zero-order valence-electron chi connectivity index (χ0n) is 11.8. The minimum absolute atomic E-state index is 0.177. The zero-order chi connectivity index (χ0) is 14.5. The van der Waals surface area contributed by atoms with Gasteiger partial charge in [0.25, 0.3) is 0 Å². The van der Waals surface area contributed by atoms with Crippen molar-refractivity contribution in [2.24, 2.45) is 0 Å². The van der Waals surface area contributed by atoms with Crippen LogP contribution in [0.5, 0.6) is 11.5 Å². The van der Waals surface area contributed by atoms with Crippen molar-refractivity contribution in [3.05, 3.63) is 59.4 Å². The Bertz CT molecular complexity index is 615. The van der Waals surface area contributed by atoms with E-state index in [0.717, 1.165) is 23.5 Å². The molecular formula is C17H18FNO2. The van der Waals surface area contributed by atoms with Crippen molar-refractivity contribution < 1.29 is 13.9 Å². The molecule has 0 saturated carbocycles. The molecule has 2 aromatic rings. The molecule has 0 atom stereocenters. The molecule has 1 N–H and O–H groups in total. The summed E-state index contributed by atoms with van der Waals surface area (Å²) in [5, 5.41) is 3.24. The normalized spacial score (nSPS) is 13.8. The SMILES string of the molecule is Fc1ccccc1CNCc1ccc2c(c1)OCCCO2. The molecule has 0 aliphatic carbocycles. The van der Waals surface area contributed by atoms with Gasteiger partial charge in [0.1, 0.15) is 5.82 Å². The van der Waals surface area contributed by atoms with Crippen molar-refractivity contribution in [1.82, 2.24) is 5.32 Å². The standard InChI is InChI=1S/C17H18FNO2/c18-15-5-2-1-4-14(15)12-19-11-13-6-7-16-17(10-13)21-9-3-8-20-16/h1-2,4-7,10,19H,3,8-9,11-12H2. The van der Waals surface area contributed by atoms with Crippen molar-refractivity contribution in [3.63, 3.8) is 0 Å². The van der Waals surface area contributed by atoms with Gasteiger partial charge in [-0.2, -0.15) is 0 Å². The predicted molar refractivity (Wildman–Crippen MR) is 79.0 cm³/mol. The molecule has 0 aromatic heterocycles. The van der Waals surface area contributed by atoms with Gasteiger partial charge in [0.2, 0.25) is 0 Å². The first-order valence-corrected chi connectivity index (χ1v) is 7.15. The van der Waals surface area contributed by atoms with E-state index in [0.29, 0.717) is 31.9 Å². The van der Waals surface area contributed by atoms with Gasteiger partial charge in [0, 0.05) is 25.1 Å². The minimum Gasteiger partial charge on any atom is -0.490 e. The Morgan fingerprint density at radius 2 is 1.76 bits per heavy atom. The number of nitrogens with one attached hydrogen (secondary N) is 1. The molecule has 2 aromatic carbocycles. The number of fused-ring (bicyclic) bond motifs is 1. The van der Waals surface area contributed by atoms with Gasteiger partial charge in [-0.1, -0.05) is 24.3 Å². The van der Waals surface area contributed by atoms with E-state index in [9.17, 15) is 4.39 Å². The molecule has 1 aliphatic rings. The molecule has 1 heterocycles. The lowest BCUT2D eigenvalue weighted by Gasteiger charge is -2.10. The molecule has 0 amide bonds. The summed E-state index contributed by atoms with van der Waals surface area (Å²) >= 11 is 0. The maximum absolute atomic E-state index is 13.5. The quantitative estimate of drug-likeness (QED) is 0.936. The van der Waals surface area contributed by atoms with Crippen LogP contribution in [0.25, 0.3) is 0 Å². The van der Waals surface area contributed by atoms with E-state index in [-0.39, 0.29) is 5.82 Å². The van der Waals surface area contributed by atoms with Crippen LogP contribution in [-0.2, 0) is 13.1 Å². The van der Waals surface area contributed by atoms with Crippen LogP contribution in [0.3, 0.4) is 0 Å². The lowest BCUT2D eigenvalue weighted by atomic mass is 10.2. The van der Waals surface area contributed by atoms with E-state index in [1.165, 1.54) is 6.07 Å². The fourth-order valence-electron chi connectivity index (χ4n) is 2.30. The molecule has 3 nitrogen and oxygen atoms in total. The maximum Gasteiger partial charge on any atom is 0.161 e. The molecule has 110 valence electrons. The smallest absolute Gasteiger partial charge is 0.161 e. The summed E-state index contributed by atoms with van der Waals surface area (Å²) in [6.45, 7) is 2.53. The summed E-state index contributed by atoms with van der Waals surface area (Å²) in [7, 11) is 0. The van der Waals surface area contributed by atoms with Gasteiger partial charge < -0.3 is 14.8 Å². The Balaban J connectivity index is 1.61. The minimum atomic E-state index is -0.177. The van der Waals surface area contributed by atoms with Gasteiger partial charge >= 0.3 is 0 Å². The predicted octanol–water partition coefficient (Wildman–Crippen LogP) is 3.28. The molecule has 0 radical (unpaired) electrons. The second-order valence-electron chi connectivity index (χ2n) is 5.03. The number of benzene rings is 2. The highest BCUT2D eigenvalue weighted by molar-refractivity contribution is 5.43. The molecule has 4 heteroatoms. The Kier molecular flexibility index (Phi) is 4.36. The van der Waals surface area contributed by atoms with Crippen molar-refractivity contribution in [1.29, 1.82) is 0 Å². The van der Waals surface area contributed by atoms with Crippen molar-refractivity contribution in [2.75, 3.05) is 13.2 Å². The number of hydrogen-bond acceptors (Lipinski definition) is 3. The van der Waals surface area contributed by atoms with E-state index in [4.69, 9.17) is 9.47 Å². The van der Waals surface area contributed by atoms with Crippen LogP contribution >= 0.6 is 0 Å². The average Bonchev–Trinajstić information content (AvgIpc) is 2.74. The van der Waals surface area contributed by atoms with E-state index in [1.54, 1.807) is 12.1 Å². The Labute approximate surface area is 123 Å². The average molecular weight is 287 g/mol. The van der Waals surface area contributed by atoms with Gasteiger partial charge in [-0.3, -0.25) is 0 Å². The second-order valence-corrected chi connectivity index (χ2v) is 5.03. The fourth-order valence-corrected chi connectivity index (χ4v) is 2.30. The van der Waals surface area contributed by atoms with E-state index >= 15 is 0 Å². The summed E-state index contributed by atoms with van der Waals surface area (Å²) in [6.07, 6.45) is 0.898. The van der Waals surface area contributed by atoms with Crippen LogP contribution in [0.1, 0.15) is 17.5 Å². The summed E-state index contributed by atoms with van der Waals surface area (Å²) in [6, 6.07) is 12.7. The van der Waals surface area contributed by atoms with Crippen molar-refractivity contribution in [2.45, 2.75) is 19.5 Å². The summed E-state index contributed by atoms with van der Waals surface area (Å²) < 4.78 is 24.8. The fraction of sp³-hybridized carbons (Fsp3) is 0.294. The van der Waals surface area contributed by atoms with Gasteiger partial charge in [-0.15, -0.1) is 0 Å². The van der Waals surface area contributed by atoms with Gasteiger partial charge in [-0.05, 0) is 23.8 Å². The van der Waals surface area contributed by atoms with Crippen molar-refractivity contribution >= 4 is 0 Å². The second kappa shape index (κ2) is 6.59. The molecule has 21 heavy (non-hydrogen) atoms. The highest BCUT2D eigenvalue weighted by Gasteiger charge is 2.10. The highest BCUT2D eigenvalue weighted by Crippen LogP contribution is 2.30. The molecule has 0 fully saturated rings. The lowest BCUT2D eigenvalue weighted by Crippen LogP contribution is -2.13. The first kappa shape index (κ1) is 13.9. The van der Waals surface area contributed by atoms with Gasteiger partial charge in [0.15, 0.2) is 11.5 Å². The zero-order valence-corrected chi connectivity index (χ0v) is 11.8. The van der Waals surface area contributed by atoms with E-state index in [1.807, 2.05) is 24.3 Å². The first-order chi connectivity index (χ1) is 10.3. The molecule has 3 rings (SSSR count). The number of rotatable bonds is 4. The molecule has 0 unspecified atom stereocenters. The van der Waals surface area contributed by atoms with Crippen LogP contribution in [0.4, 0.5) is 4.39 Å². The monoisotopic (exact) mass is 287 g/mol. The Hall–Kier alpha value is -2.07. The Morgan fingerprint density at radius 1 is 0.952 bits per heavy atom. The summed E-state index contributed by atoms with van der Waals surface area (Å²) in [5.74, 6) is 1.41. The lowest BCUT2D eigenvalue weighted by molar-refractivity contribution is 0.297. The number of halogens is 1. The van der Waals surface area contributed by atoms with Crippen LogP contribution in [0, 0.1) is 5.82 Å². The van der Waals surface area contributed by atoms with E-state index in [2.05, 4.69) is 5.32 Å². The first-order valence-electron chi connectivity index (χ1n) is 7.15. The topological polar surface area (TPSA) is 30.5 Å². The van der Waals surface area contributed by atoms with Crippen molar-refractivity contribution in [3.8, 4) is 11.5 Å². The molecule has 0 saturated heterocycles. The van der Waals surface area contributed by atoms with Crippen LogP contribution < -0.4 is 14.8 Å². The maximum atomic E-state index is 13.5. The summed E-state index contributed by atoms with van der Waals surface area (Å²) in [4.78, 5) is 0. The van der Waals surface area contributed by atoms with Crippen LogP contribution in [0.15, 0.2) is 42.5 Å². The molecule has 1 aliphatic heterocycles. The third kappa shape index (κ3) is 3.52. The molecule has 0 bridgehead atoms. The summed E-state index contributed by atoms with van der Waals surface area (Å²) in [5.41, 5.74) is 1.77. The largest absolute Gasteiger partial charge is 0.490 e. The molecular weight excluding hydrogens is 269 g/mol. The highest BCUT2D eigenvalue weighted by atomic mass is 19.1. The molecule has 0 spiro atoms. The third-order valence-electron chi connectivity index (χ3n) is 3.41.